The van der Waals surface area contributed by atoms with Crippen molar-refractivity contribution >= 4 is 28.8 Å². The van der Waals surface area contributed by atoms with Gasteiger partial charge in [0.2, 0.25) is 5.91 Å². The lowest BCUT2D eigenvalue weighted by atomic mass is 10.1. The molecule has 0 spiro atoms. The van der Waals surface area contributed by atoms with Crippen LogP contribution in [0.25, 0.3) is 11.3 Å². The molecule has 3 rings (SSSR count). The molecule has 1 aromatic heterocycles. The number of hydrogen-bond acceptors (Lipinski definition) is 6. The molecule has 0 bridgehead atoms. The van der Waals surface area contributed by atoms with Crippen LogP contribution in [-0.2, 0) is 14.3 Å². The summed E-state index contributed by atoms with van der Waals surface area (Å²) in [4.78, 5) is 27.1. The Morgan fingerprint density at radius 2 is 2.24 bits per heavy atom. The molecule has 6 nitrogen and oxygen atoms in total. The van der Waals surface area contributed by atoms with E-state index in [4.69, 9.17) is 4.74 Å². The maximum Gasteiger partial charge on any atom is 0.293 e. The Morgan fingerprint density at radius 1 is 1.44 bits per heavy atom. The number of anilines is 1. The number of hydrogen-bond donors (Lipinski definition) is 1. The number of nitrogens with one attached hydrogen (secondary N) is 1. The molecule has 1 aliphatic rings. The molecule has 0 saturated heterocycles. The molecule has 2 unspecified atom stereocenters. The minimum atomic E-state index is -0.480. The zero-order valence-electron chi connectivity index (χ0n) is 13.1. The summed E-state index contributed by atoms with van der Waals surface area (Å²) >= 11 is 1.00. The molecular weight excluding hydrogens is 345 g/mol. The molecule has 1 aromatic carbocycles. The van der Waals surface area contributed by atoms with Crippen molar-refractivity contribution in [2.75, 3.05) is 5.32 Å². The quantitative estimate of drug-likeness (QED) is 0.828. The van der Waals surface area contributed by atoms with Crippen molar-refractivity contribution in [2.45, 2.75) is 25.4 Å². The molecule has 128 valence electrons. The van der Waals surface area contributed by atoms with Gasteiger partial charge < -0.3 is 10.1 Å². The Kier molecular flexibility index (Phi) is 5.05. The standard InChI is InChI=1S/C17H14FN3O3S/c18-13-4-2-1-3-12(13)15-14(8-19)25-17(20-15)21-16(23)10-5-6-11(7-10)24-9-22/h1-4,9-11H,5-7H2,(H,20,21,23). The highest BCUT2D eigenvalue weighted by Gasteiger charge is 2.31. The normalized spacial score (nSPS) is 19.2. The highest BCUT2D eigenvalue weighted by Crippen LogP contribution is 2.33. The molecule has 1 aliphatic carbocycles. The van der Waals surface area contributed by atoms with Crippen LogP contribution in [-0.4, -0.2) is 23.5 Å². The van der Waals surface area contributed by atoms with Crippen LogP contribution < -0.4 is 5.32 Å². The first-order chi connectivity index (χ1) is 12.1. The van der Waals surface area contributed by atoms with Gasteiger partial charge in [-0.25, -0.2) is 9.37 Å². The Balaban J connectivity index is 1.76. The van der Waals surface area contributed by atoms with E-state index in [2.05, 4.69) is 10.3 Å². The number of nitrogens with zero attached hydrogens (tertiary/aromatic N) is 2. The monoisotopic (exact) mass is 359 g/mol. The minimum Gasteiger partial charge on any atom is -0.465 e. The summed E-state index contributed by atoms with van der Waals surface area (Å²) in [5.41, 5.74) is 0.436. The fourth-order valence-corrected chi connectivity index (χ4v) is 3.65. The molecule has 0 radical (unpaired) electrons. The fourth-order valence-electron chi connectivity index (χ4n) is 2.87. The van der Waals surface area contributed by atoms with Gasteiger partial charge in [-0.2, -0.15) is 5.26 Å². The Labute approximate surface area is 147 Å². The van der Waals surface area contributed by atoms with E-state index in [9.17, 15) is 19.2 Å². The van der Waals surface area contributed by atoms with Crippen LogP contribution in [0.2, 0.25) is 0 Å². The van der Waals surface area contributed by atoms with Crippen LogP contribution >= 0.6 is 11.3 Å². The van der Waals surface area contributed by atoms with Crippen molar-refractivity contribution in [2.24, 2.45) is 5.92 Å². The van der Waals surface area contributed by atoms with Gasteiger partial charge in [0.1, 0.15) is 28.6 Å². The summed E-state index contributed by atoms with van der Waals surface area (Å²) in [5, 5.41) is 12.2. The first-order valence-electron chi connectivity index (χ1n) is 7.68. The molecule has 1 heterocycles. The van der Waals surface area contributed by atoms with Crippen LogP contribution in [0.15, 0.2) is 24.3 Å². The summed E-state index contributed by atoms with van der Waals surface area (Å²) in [7, 11) is 0. The number of carbonyl (C=O) groups is 2. The average molecular weight is 359 g/mol. The number of amides is 1. The first kappa shape index (κ1) is 17.0. The van der Waals surface area contributed by atoms with Gasteiger partial charge >= 0.3 is 0 Å². The molecule has 1 N–H and O–H groups in total. The Hall–Kier alpha value is -2.79. The molecule has 1 amide bonds. The molecule has 2 aromatic rings. The predicted octanol–water partition coefficient (Wildman–Crippen LogP) is 3.10. The van der Waals surface area contributed by atoms with Crippen LogP contribution in [0.3, 0.4) is 0 Å². The zero-order chi connectivity index (χ0) is 17.8. The van der Waals surface area contributed by atoms with Crippen LogP contribution in [0.1, 0.15) is 24.1 Å². The van der Waals surface area contributed by atoms with Gasteiger partial charge in [-0.05, 0) is 31.4 Å². The summed E-state index contributed by atoms with van der Waals surface area (Å²) < 4.78 is 18.8. The average Bonchev–Trinajstić information content (AvgIpc) is 3.22. The predicted molar refractivity (Wildman–Crippen MR) is 89.1 cm³/mol. The van der Waals surface area contributed by atoms with Crippen molar-refractivity contribution in [1.82, 2.24) is 4.98 Å². The third-order valence-electron chi connectivity index (χ3n) is 4.09. The lowest BCUT2D eigenvalue weighted by Crippen LogP contribution is -2.21. The molecule has 1 saturated carbocycles. The topological polar surface area (TPSA) is 92.1 Å². The number of halogens is 1. The maximum absolute atomic E-state index is 14.0. The minimum absolute atomic E-state index is 0.217. The second-order valence-electron chi connectivity index (χ2n) is 5.64. The van der Waals surface area contributed by atoms with Gasteiger partial charge in [0.15, 0.2) is 5.13 Å². The highest BCUT2D eigenvalue weighted by atomic mass is 32.1. The third-order valence-corrected chi connectivity index (χ3v) is 4.97. The Bertz CT molecular complexity index is 846. The first-order valence-corrected chi connectivity index (χ1v) is 8.49. The van der Waals surface area contributed by atoms with Gasteiger partial charge in [-0.15, -0.1) is 0 Å². The number of thiazole rings is 1. The maximum atomic E-state index is 14.0. The summed E-state index contributed by atoms with van der Waals surface area (Å²) in [6.45, 7) is 0.394. The van der Waals surface area contributed by atoms with E-state index < -0.39 is 5.82 Å². The van der Waals surface area contributed by atoms with Crippen LogP contribution in [0, 0.1) is 23.1 Å². The summed E-state index contributed by atoms with van der Waals surface area (Å²) in [6, 6.07) is 8.02. The van der Waals surface area contributed by atoms with Crippen molar-refractivity contribution in [1.29, 1.82) is 5.26 Å². The summed E-state index contributed by atoms with van der Waals surface area (Å²) in [5.74, 6) is -1.00. The number of ether oxygens (including phenoxy) is 1. The van der Waals surface area contributed by atoms with Gasteiger partial charge in [0.05, 0.1) is 0 Å². The molecule has 8 heteroatoms. The molecule has 2 atom stereocenters. The molecule has 1 fully saturated rings. The smallest absolute Gasteiger partial charge is 0.293 e. The molecular formula is C17H14FN3O3S. The van der Waals surface area contributed by atoms with Crippen LogP contribution in [0.4, 0.5) is 9.52 Å². The van der Waals surface area contributed by atoms with Crippen molar-refractivity contribution in [3.05, 3.63) is 35.0 Å². The van der Waals surface area contributed by atoms with Gasteiger partial charge in [0.25, 0.3) is 6.47 Å². The van der Waals surface area contributed by atoms with E-state index in [0.29, 0.717) is 25.7 Å². The number of benzene rings is 1. The van der Waals surface area contributed by atoms with Crippen molar-refractivity contribution in [3.8, 4) is 17.3 Å². The van der Waals surface area contributed by atoms with Gasteiger partial charge in [-0.1, -0.05) is 23.5 Å². The lowest BCUT2D eigenvalue weighted by Gasteiger charge is -2.09. The van der Waals surface area contributed by atoms with Crippen molar-refractivity contribution in [3.63, 3.8) is 0 Å². The lowest BCUT2D eigenvalue weighted by molar-refractivity contribution is -0.134. The van der Waals surface area contributed by atoms with E-state index in [1.807, 2.05) is 6.07 Å². The molecule has 0 aliphatic heterocycles. The number of aromatic nitrogens is 1. The second-order valence-corrected chi connectivity index (χ2v) is 6.64. The SMILES string of the molecule is N#Cc1sc(NC(=O)C2CCC(OC=O)C2)nc1-c1ccccc1F. The molecule has 25 heavy (non-hydrogen) atoms. The van der Waals surface area contributed by atoms with E-state index in [1.54, 1.807) is 12.1 Å². The van der Waals surface area contributed by atoms with E-state index in [1.165, 1.54) is 12.1 Å². The van der Waals surface area contributed by atoms with Crippen molar-refractivity contribution < 1.29 is 18.7 Å². The second kappa shape index (κ2) is 7.40. The summed E-state index contributed by atoms with van der Waals surface area (Å²) in [6.07, 6.45) is 1.47. The Morgan fingerprint density at radius 3 is 2.96 bits per heavy atom. The zero-order valence-corrected chi connectivity index (χ0v) is 13.9. The fraction of sp³-hybridized carbons (Fsp3) is 0.294. The van der Waals surface area contributed by atoms with Gasteiger partial charge in [-0.3, -0.25) is 9.59 Å². The van der Waals surface area contributed by atoms with E-state index in [0.717, 1.165) is 11.3 Å². The number of nitriles is 1. The van der Waals surface area contributed by atoms with Crippen LogP contribution in [0.5, 0.6) is 0 Å². The van der Waals surface area contributed by atoms with E-state index >= 15 is 0 Å². The van der Waals surface area contributed by atoms with Gasteiger partial charge in [0, 0.05) is 11.5 Å². The number of carbonyl (C=O) groups excluding carboxylic acids is 2. The third kappa shape index (κ3) is 3.67. The number of rotatable bonds is 5. The largest absolute Gasteiger partial charge is 0.465 e. The van der Waals surface area contributed by atoms with E-state index in [-0.39, 0.29) is 39.2 Å². The highest BCUT2D eigenvalue weighted by molar-refractivity contribution is 7.16.